The lowest BCUT2D eigenvalue weighted by Gasteiger charge is -2.12. The topological polar surface area (TPSA) is 104 Å². The van der Waals surface area contributed by atoms with E-state index in [2.05, 4.69) is 21.5 Å². The normalized spacial score (nSPS) is 11.5. The summed E-state index contributed by atoms with van der Waals surface area (Å²) in [4.78, 5) is 29.6. The van der Waals surface area contributed by atoms with Gasteiger partial charge in [0.15, 0.2) is 0 Å². The number of hydrogen-bond donors (Lipinski definition) is 2. The number of nitrogens with one attached hydrogen (secondary N) is 2. The second kappa shape index (κ2) is 9.37. The second-order valence-electron chi connectivity index (χ2n) is 6.96. The van der Waals surface area contributed by atoms with Gasteiger partial charge in [-0.15, -0.1) is 0 Å². The molecule has 1 amide bonds. The van der Waals surface area contributed by atoms with Crippen LogP contribution in [0.15, 0.2) is 88.7 Å². The van der Waals surface area contributed by atoms with Crippen molar-refractivity contribution in [3.8, 4) is 23.0 Å². The van der Waals surface area contributed by atoms with Crippen LogP contribution >= 0.6 is 11.8 Å². The Kier molecular flexibility index (Phi) is 6.19. The van der Waals surface area contributed by atoms with Crippen LogP contribution in [0.5, 0.6) is 0 Å². The number of thioether (sulfide) groups is 1. The third-order valence-electron chi connectivity index (χ3n) is 4.70. The van der Waals surface area contributed by atoms with Crippen LogP contribution in [0.1, 0.15) is 12.5 Å². The van der Waals surface area contributed by atoms with Crippen LogP contribution < -0.4 is 10.9 Å². The third kappa shape index (κ3) is 4.63. The van der Waals surface area contributed by atoms with Crippen molar-refractivity contribution in [2.75, 3.05) is 5.32 Å². The fourth-order valence-corrected chi connectivity index (χ4v) is 3.96. The van der Waals surface area contributed by atoms with Crippen LogP contribution in [0.2, 0.25) is 0 Å². The molecule has 8 heteroatoms. The number of nitriles is 1. The number of benzene rings is 2. The van der Waals surface area contributed by atoms with E-state index in [1.165, 1.54) is 22.5 Å². The van der Waals surface area contributed by atoms with Gasteiger partial charge in [0.25, 0.3) is 5.56 Å². The van der Waals surface area contributed by atoms with Crippen LogP contribution in [0.4, 0.5) is 5.82 Å². The number of aromatic amines is 1. The zero-order chi connectivity index (χ0) is 22.5. The van der Waals surface area contributed by atoms with Crippen LogP contribution in [0, 0.1) is 11.3 Å². The molecule has 1 unspecified atom stereocenters. The van der Waals surface area contributed by atoms with Gasteiger partial charge in [-0.1, -0.05) is 60.3 Å². The van der Waals surface area contributed by atoms with Crippen LogP contribution in [0.25, 0.3) is 16.9 Å². The third-order valence-corrected chi connectivity index (χ3v) is 5.80. The van der Waals surface area contributed by atoms with Crippen molar-refractivity contribution in [1.29, 1.82) is 5.26 Å². The predicted molar refractivity (Wildman–Crippen MR) is 125 cm³/mol. The number of nitrogens with zero attached hydrogens (tertiary/aromatic N) is 3. The maximum Gasteiger partial charge on any atom is 0.273 e. The van der Waals surface area contributed by atoms with Gasteiger partial charge in [0.05, 0.1) is 22.2 Å². The van der Waals surface area contributed by atoms with Crippen molar-refractivity contribution in [3.05, 3.63) is 94.8 Å². The van der Waals surface area contributed by atoms with Gasteiger partial charge in [-0.3, -0.25) is 14.7 Å². The smallest absolute Gasteiger partial charge is 0.273 e. The van der Waals surface area contributed by atoms with Gasteiger partial charge in [-0.05, 0) is 31.2 Å². The second-order valence-corrected chi connectivity index (χ2v) is 8.28. The summed E-state index contributed by atoms with van der Waals surface area (Å²) in [7, 11) is 0. The van der Waals surface area contributed by atoms with Crippen molar-refractivity contribution in [1.82, 2.24) is 14.8 Å². The van der Waals surface area contributed by atoms with Gasteiger partial charge in [0, 0.05) is 11.6 Å². The number of para-hydroxylation sites is 1. The fraction of sp³-hybridized carbons (Fsp3) is 0.0833. The van der Waals surface area contributed by atoms with Crippen molar-refractivity contribution in [2.24, 2.45) is 0 Å². The van der Waals surface area contributed by atoms with Crippen molar-refractivity contribution >= 4 is 23.5 Å². The summed E-state index contributed by atoms with van der Waals surface area (Å²) in [5, 5.41) is 15.0. The summed E-state index contributed by atoms with van der Waals surface area (Å²) < 4.78 is 1.35. The lowest BCUT2D eigenvalue weighted by Crippen LogP contribution is -2.23. The van der Waals surface area contributed by atoms with Gasteiger partial charge in [-0.25, -0.2) is 9.67 Å². The lowest BCUT2D eigenvalue weighted by molar-refractivity contribution is -0.115. The Hall–Kier alpha value is -4.09. The highest BCUT2D eigenvalue weighted by atomic mass is 32.2. The molecular formula is C24H19N5O2S. The fourth-order valence-electron chi connectivity index (χ4n) is 3.07. The van der Waals surface area contributed by atoms with E-state index in [1.54, 1.807) is 31.2 Å². The van der Waals surface area contributed by atoms with Crippen LogP contribution in [-0.4, -0.2) is 25.9 Å². The Morgan fingerprint density at radius 2 is 1.78 bits per heavy atom. The number of pyridine rings is 1. The van der Waals surface area contributed by atoms with Crippen molar-refractivity contribution in [2.45, 2.75) is 17.2 Å². The number of carbonyl (C=O) groups excluding carboxylic acids is 1. The van der Waals surface area contributed by atoms with E-state index in [0.29, 0.717) is 22.1 Å². The lowest BCUT2D eigenvalue weighted by atomic mass is 10.1. The zero-order valence-electron chi connectivity index (χ0n) is 17.1. The largest absolute Gasteiger partial charge is 0.310 e. The molecule has 0 saturated heterocycles. The molecule has 0 radical (unpaired) electrons. The van der Waals surface area contributed by atoms with Gasteiger partial charge < -0.3 is 5.32 Å². The number of anilines is 1. The minimum Gasteiger partial charge on any atom is -0.310 e. The van der Waals surface area contributed by atoms with E-state index < -0.39 is 5.25 Å². The molecule has 32 heavy (non-hydrogen) atoms. The molecule has 2 heterocycles. The highest BCUT2D eigenvalue weighted by Crippen LogP contribution is 2.28. The Morgan fingerprint density at radius 1 is 1.09 bits per heavy atom. The molecule has 2 N–H and O–H groups in total. The minimum atomic E-state index is -0.552. The molecular weight excluding hydrogens is 422 g/mol. The minimum absolute atomic E-state index is 0.282. The van der Waals surface area contributed by atoms with Crippen molar-refractivity contribution < 1.29 is 4.79 Å². The Labute approximate surface area is 188 Å². The molecule has 4 rings (SSSR count). The Balaban J connectivity index is 1.51. The molecule has 0 spiro atoms. The van der Waals surface area contributed by atoms with E-state index in [0.717, 1.165) is 11.3 Å². The van der Waals surface area contributed by atoms with Crippen molar-refractivity contribution in [3.63, 3.8) is 0 Å². The van der Waals surface area contributed by atoms with E-state index in [1.807, 2.05) is 48.5 Å². The highest BCUT2D eigenvalue weighted by Gasteiger charge is 2.19. The molecule has 1 atom stereocenters. The van der Waals surface area contributed by atoms with E-state index in [4.69, 9.17) is 0 Å². The van der Waals surface area contributed by atoms with Gasteiger partial charge in [0.2, 0.25) is 5.91 Å². The molecule has 0 aliphatic rings. The number of H-pyrrole nitrogens is 1. The molecule has 4 aromatic rings. The average Bonchev–Trinajstić information content (AvgIpc) is 3.20. The van der Waals surface area contributed by atoms with Crippen LogP contribution in [0.3, 0.4) is 0 Å². The quantitative estimate of drug-likeness (QED) is 0.436. The summed E-state index contributed by atoms with van der Waals surface area (Å²) in [5.41, 5.74) is 2.44. The number of carbonyl (C=O) groups is 1. The van der Waals surface area contributed by atoms with E-state index >= 15 is 0 Å². The monoisotopic (exact) mass is 441 g/mol. The number of amides is 1. The van der Waals surface area contributed by atoms with Gasteiger partial charge >= 0.3 is 0 Å². The van der Waals surface area contributed by atoms with Crippen LogP contribution in [-0.2, 0) is 4.79 Å². The number of rotatable bonds is 6. The first-order valence-electron chi connectivity index (χ1n) is 9.87. The highest BCUT2D eigenvalue weighted by molar-refractivity contribution is 8.00. The van der Waals surface area contributed by atoms with Gasteiger partial charge in [0.1, 0.15) is 16.9 Å². The summed E-state index contributed by atoms with van der Waals surface area (Å²) in [6, 6.07) is 25.7. The summed E-state index contributed by atoms with van der Waals surface area (Å²) in [6.07, 6.45) is 0. The molecule has 0 aliphatic heterocycles. The standard InChI is InChI=1S/C24H19N5O2S/c1-16(23(31)27-21-14-22(30)29(28-21)19-10-6-3-7-11-19)32-24-18(15-25)12-13-20(26-24)17-8-4-2-5-9-17/h2-14,16,28H,1H3,(H,27,31). The van der Waals surface area contributed by atoms with E-state index in [9.17, 15) is 14.9 Å². The molecule has 158 valence electrons. The maximum atomic E-state index is 12.8. The molecule has 0 aliphatic carbocycles. The Bertz CT molecular complexity index is 1340. The molecule has 7 nitrogen and oxygen atoms in total. The maximum absolute atomic E-state index is 12.8. The summed E-state index contributed by atoms with van der Waals surface area (Å²) >= 11 is 1.19. The number of hydrogen-bond acceptors (Lipinski definition) is 5. The first-order chi connectivity index (χ1) is 15.5. The Morgan fingerprint density at radius 3 is 2.47 bits per heavy atom. The summed E-state index contributed by atoms with van der Waals surface area (Å²) in [5.74, 6) is -0.0185. The first kappa shape index (κ1) is 21.2. The molecule has 2 aromatic carbocycles. The number of aromatic nitrogens is 3. The molecule has 0 bridgehead atoms. The SMILES string of the molecule is CC(Sc1nc(-c2ccccc2)ccc1C#N)C(=O)Nc1cc(=O)n(-c2ccccc2)[nH]1. The predicted octanol–water partition coefficient (Wildman–Crippen LogP) is 4.22. The van der Waals surface area contributed by atoms with E-state index in [-0.39, 0.29) is 11.5 Å². The summed E-state index contributed by atoms with van der Waals surface area (Å²) in [6.45, 7) is 1.73. The molecule has 0 saturated carbocycles. The zero-order valence-corrected chi connectivity index (χ0v) is 18.0. The van der Waals surface area contributed by atoms with Gasteiger partial charge in [-0.2, -0.15) is 5.26 Å². The molecule has 2 aromatic heterocycles. The first-order valence-corrected chi connectivity index (χ1v) is 10.7. The molecule has 0 fully saturated rings. The average molecular weight is 442 g/mol.